The molecular weight excluding hydrogens is 233 g/mol. The van der Waals surface area contributed by atoms with E-state index in [0.717, 1.165) is 5.59 Å². The SMILES string of the molecule is CC1(C)OB(c2cnnn2C2COC2)OC1(C)C. The Morgan fingerprint density at radius 1 is 1.22 bits per heavy atom. The summed E-state index contributed by atoms with van der Waals surface area (Å²) in [5.41, 5.74) is 0.174. The summed E-state index contributed by atoms with van der Waals surface area (Å²) in [6.45, 7) is 9.49. The zero-order valence-electron chi connectivity index (χ0n) is 11.2. The number of hydrogen-bond donors (Lipinski definition) is 0. The number of rotatable bonds is 2. The minimum Gasteiger partial charge on any atom is -0.398 e. The topological polar surface area (TPSA) is 58.4 Å². The monoisotopic (exact) mass is 251 g/mol. The quantitative estimate of drug-likeness (QED) is 0.700. The van der Waals surface area contributed by atoms with Gasteiger partial charge in [-0.15, -0.1) is 5.10 Å². The maximum atomic E-state index is 6.00. The molecule has 1 aromatic heterocycles. The van der Waals surface area contributed by atoms with Gasteiger partial charge >= 0.3 is 7.12 Å². The third kappa shape index (κ3) is 1.69. The van der Waals surface area contributed by atoms with E-state index >= 15 is 0 Å². The lowest BCUT2D eigenvalue weighted by Crippen LogP contribution is -2.45. The second kappa shape index (κ2) is 3.79. The molecule has 0 atom stereocenters. The molecule has 18 heavy (non-hydrogen) atoms. The van der Waals surface area contributed by atoms with Gasteiger partial charge in [0.25, 0.3) is 0 Å². The fraction of sp³-hybridized carbons (Fsp3) is 0.818. The number of hydrogen-bond acceptors (Lipinski definition) is 5. The van der Waals surface area contributed by atoms with Crippen molar-refractivity contribution in [3.05, 3.63) is 6.20 Å². The van der Waals surface area contributed by atoms with E-state index in [1.54, 1.807) is 6.20 Å². The Morgan fingerprint density at radius 3 is 2.33 bits per heavy atom. The molecule has 98 valence electrons. The van der Waals surface area contributed by atoms with E-state index < -0.39 is 7.12 Å². The molecule has 2 aliphatic heterocycles. The fourth-order valence-electron chi connectivity index (χ4n) is 2.03. The van der Waals surface area contributed by atoms with Crippen molar-refractivity contribution in [1.29, 1.82) is 0 Å². The highest BCUT2D eigenvalue weighted by Gasteiger charge is 2.53. The minimum absolute atomic E-state index is 0.251. The van der Waals surface area contributed by atoms with Crippen LogP contribution in [-0.4, -0.2) is 46.5 Å². The Balaban J connectivity index is 1.86. The lowest BCUT2D eigenvalue weighted by Gasteiger charge is -2.32. The first-order chi connectivity index (χ1) is 8.41. The summed E-state index contributed by atoms with van der Waals surface area (Å²) in [4.78, 5) is 0. The second-order valence-electron chi connectivity index (χ2n) is 5.88. The Hall–Kier alpha value is -0.915. The molecule has 0 aliphatic carbocycles. The molecule has 7 heteroatoms. The fourth-order valence-corrected chi connectivity index (χ4v) is 2.03. The van der Waals surface area contributed by atoms with Gasteiger partial charge in [-0.3, -0.25) is 0 Å². The van der Waals surface area contributed by atoms with E-state index in [1.165, 1.54) is 0 Å². The van der Waals surface area contributed by atoms with Crippen LogP contribution in [0.15, 0.2) is 6.20 Å². The van der Waals surface area contributed by atoms with E-state index in [4.69, 9.17) is 14.0 Å². The average Bonchev–Trinajstić information content (AvgIpc) is 2.68. The second-order valence-corrected chi connectivity index (χ2v) is 5.88. The summed E-state index contributed by atoms with van der Waals surface area (Å²) in [5.74, 6) is 0. The standard InChI is InChI=1S/C11H18BN3O3/c1-10(2)11(3,4)18-12(17-10)9-5-13-14-15(9)8-6-16-7-8/h5,8H,6-7H2,1-4H3. The van der Waals surface area contributed by atoms with Crippen LogP contribution in [0.1, 0.15) is 33.7 Å². The molecule has 2 aliphatic rings. The molecule has 0 bridgehead atoms. The molecule has 1 aromatic rings. The van der Waals surface area contributed by atoms with Gasteiger partial charge in [0.05, 0.1) is 42.2 Å². The van der Waals surface area contributed by atoms with Crippen molar-refractivity contribution in [2.45, 2.75) is 44.9 Å². The molecule has 6 nitrogen and oxygen atoms in total. The van der Waals surface area contributed by atoms with E-state index in [0.29, 0.717) is 13.2 Å². The summed E-state index contributed by atoms with van der Waals surface area (Å²) in [6.07, 6.45) is 1.71. The van der Waals surface area contributed by atoms with Crippen LogP contribution in [0.25, 0.3) is 0 Å². The van der Waals surface area contributed by atoms with E-state index in [1.807, 2.05) is 32.4 Å². The molecule has 0 amide bonds. The lowest BCUT2D eigenvalue weighted by molar-refractivity contribution is -0.0283. The van der Waals surface area contributed by atoms with Crippen LogP contribution in [-0.2, 0) is 14.0 Å². The van der Waals surface area contributed by atoms with Gasteiger partial charge < -0.3 is 14.0 Å². The molecule has 0 N–H and O–H groups in total. The first kappa shape index (κ1) is 12.1. The molecule has 0 aromatic carbocycles. The van der Waals surface area contributed by atoms with Gasteiger partial charge in [-0.25, -0.2) is 4.68 Å². The molecule has 0 saturated carbocycles. The summed E-state index contributed by atoms with van der Waals surface area (Å²) in [5, 5.41) is 8.07. The van der Waals surface area contributed by atoms with Gasteiger partial charge in [-0.2, -0.15) is 0 Å². The molecule has 2 saturated heterocycles. The van der Waals surface area contributed by atoms with Crippen LogP contribution in [0, 0.1) is 0 Å². The third-order valence-corrected chi connectivity index (χ3v) is 4.06. The summed E-state index contributed by atoms with van der Waals surface area (Å²) in [7, 11) is -0.411. The molecule has 2 fully saturated rings. The molecule has 0 unspecified atom stereocenters. The summed E-state index contributed by atoms with van der Waals surface area (Å²) < 4.78 is 19.0. The summed E-state index contributed by atoms with van der Waals surface area (Å²) >= 11 is 0. The predicted molar refractivity (Wildman–Crippen MR) is 65.6 cm³/mol. The summed E-state index contributed by atoms with van der Waals surface area (Å²) in [6, 6.07) is 0.251. The van der Waals surface area contributed by atoms with E-state index in [9.17, 15) is 0 Å². The minimum atomic E-state index is -0.411. The van der Waals surface area contributed by atoms with Crippen molar-refractivity contribution in [2.75, 3.05) is 13.2 Å². The highest BCUT2D eigenvalue weighted by Crippen LogP contribution is 2.36. The van der Waals surface area contributed by atoms with Crippen molar-refractivity contribution in [3.8, 4) is 0 Å². The molecular formula is C11H18BN3O3. The van der Waals surface area contributed by atoms with Crippen molar-refractivity contribution < 1.29 is 14.0 Å². The van der Waals surface area contributed by atoms with Crippen LogP contribution in [0.2, 0.25) is 0 Å². The maximum absolute atomic E-state index is 6.00. The highest BCUT2D eigenvalue weighted by molar-refractivity contribution is 6.61. The Kier molecular flexibility index (Phi) is 2.55. The van der Waals surface area contributed by atoms with Crippen LogP contribution in [0.3, 0.4) is 0 Å². The van der Waals surface area contributed by atoms with Crippen LogP contribution in [0.5, 0.6) is 0 Å². The van der Waals surface area contributed by atoms with E-state index in [2.05, 4.69) is 10.3 Å². The first-order valence-electron chi connectivity index (χ1n) is 6.24. The van der Waals surface area contributed by atoms with Gasteiger partial charge in [0.1, 0.15) is 0 Å². The smallest absolute Gasteiger partial charge is 0.398 e. The zero-order chi connectivity index (χ0) is 13.0. The van der Waals surface area contributed by atoms with Crippen molar-refractivity contribution in [2.24, 2.45) is 0 Å². The van der Waals surface area contributed by atoms with Crippen molar-refractivity contribution >= 4 is 12.7 Å². The third-order valence-electron chi connectivity index (χ3n) is 4.06. The highest BCUT2D eigenvalue weighted by atomic mass is 16.7. The Bertz CT molecular complexity index is 440. The van der Waals surface area contributed by atoms with Gasteiger partial charge in [0, 0.05) is 0 Å². The number of ether oxygens (including phenoxy) is 1. The van der Waals surface area contributed by atoms with Crippen LogP contribution in [0.4, 0.5) is 0 Å². The van der Waals surface area contributed by atoms with Gasteiger partial charge in [-0.05, 0) is 27.7 Å². The maximum Gasteiger partial charge on any atom is 0.515 e. The molecule has 3 heterocycles. The van der Waals surface area contributed by atoms with Gasteiger partial charge in [0.15, 0.2) is 0 Å². The zero-order valence-corrected chi connectivity index (χ0v) is 11.2. The molecule has 0 spiro atoms. The van der Waals surface area contributed by atoms with Crippen molar-refractivity contribution in [3.63, 3.8) is 0 Å². The Labute approximate surface area is 107 Å². The van der Waals surface area contributed by atoms with Crippen molar-refractivity contribution in [1.82, 2.24) is 15.0 Å². The predicted octanol–water partition coefficient (Wildman–Crippen LogP) is 0.149. The molecule has 3 rings (SSSR count). The lowest BCUT2D eigenvalue weighted by atomic mass is 9.85. The van der Waals surface area contributed by atoms with Crippen LogP contribution < -0.4 is 5.59 Å². The van der Waals surface area contributed by atoms with E-state index in [-0.39, 0.29) is 17.2 Å². The Morgan fingerprint density at radius 2 is 1.83 bits per heavy atom. The first-order valence-corrected chi connectivity index (χ1v) is 6.24. The number of nitrogens with zero attached hydrogens (tertiary/aromatic N) is 3. The largest absolute Gasteiger partial charge is 0.515 e. The normalized spacial score (nSPS) is 26.3. The molecule has 0 radical (unpaired) electrons. The van der Waals surface area contributed by atoms with Gasteiger partial charge in [0.2, 0.25) is 0 Å². The average molecular weight is 251 g/mol. The van der Waals surface area contributed by atoms with Crippen LogP contribution >= 0.6 is 0 Å². The number of aromatic nitrogens is 3. The van der Waals surface area contributed by atoms with Gasteiger partial charge in [-0.1, -0.05) is 5.21 Å².